The molecule has 2 radical (unpaired) electrons. The van der Waals surface area contributed by atoms with Crippen LogP contribution in [0.5, 0.6) is 0 Å². The third kappa shape index (κ3) is 1.17. The summed E-state index contributed by atoms with van der Waals surface area (Å²) in [4.78, 5) is 22.7. The summed E-state index contributed by atoms with van der Waals surface area (Å²) >= 11 is 0. The van der Waals surface area contributed by atoms with Gasteiger partial charge >= 0.3 is 0 Å². The van der Waals surface area contributed by atoms with Crippen LogP contribution >= 0.6 is 0 Å². The van der Waals surface area contributed by atoms with Crippen molar-refractivity contribution in [1.29, 1.82) is 0 Å². The first-order valence-corrected chi connectivity index (χ1v) is 4.04. The molecule has 0 heterocycles. The fraction of sp³-hybridized carbons (Fsp3) is 0.200. The van der Waals surface area contributed by atoms with Gasteiger partial charge in [0.1, 0.15) is 6.04 Å². The smallest absolute Gasteiger partial charge is 0.184 e. The van der Waals surface area contributed by atoms with E-state index >= 15 is 0 Å². The Kier molecular flexibility index (Phi) is 1.74. The van der Waals surface area contributed by atoms with Gasteiger partial charge in [0, 0.05) is 17.5 Å². The molecule has 1 unspecified atom stereocenters. The highest BCUT2D eigenvalue weighted by atomic mass is 16.1. The molecule has 0 spiro atoms. The normalized spacial score (nSPS) is 21.5. The molecule has 0 saturated carbocycles. The van der Waals surface area contributed by atoms with E-state index in [0.29, 0.717) is 11.1 Å². The SMILES string of the molecule is [N]C1CC(=O)c2ccccc2C1=O. The van der Waals surface area contributed by atoms with Crippen molar-refractivity contribution in [1.82, 2.24) is 5.73 Å². The summed E-state index contributed by atoms with van der Waals surface area (Å²) in [6.07, 6.45) is -0.0875. The summed E-state index contributed by atoms with van der Waals surface area (Å²) in [6.45, 7) is 0. The van der Waals surface area contributed by atoms with E-state index in [1.807, 2.05) is 0 Å². The van der Waals surface area contributed by atoms with Crippen LogP contribution in [0.2, 0.25) is 0 Å². The van der Waals surface area contributed by atoms with Crippen LogP contribution in [0.1, 0.15) is 27.1 Å². The van der Waals surface area contributed by atoms with E-state index in [1.165, 1.54) is 0 Å². The molecular weight excluding hydrogens is 166 g/mol. The van der Waals surface area contributed by atoms with Gasteiger partial charge in [-0.2, -0.15) is 0 Å². The van der Waals surface area contributed by atoms with Crippen molar-refractivity contribution in [2.45, 2.75) is 12.5 Å². The van der Waals surface area contributed by atoms with Gasteiger partial charge in [-0.3, -0.25) is 9.59 Å². The molecule has 0 saturated heterocycles. The predicted molar refractivity (Wildman–Crippen MR) is 45.6 cm³/mol. The van der Waals surface area contributed by atoms with Crippen LogP contribution < -0.4 is 5.73 Å². The Morgan fingerprint density at radius 1 is 1.15 bits per heavy atom. The summed E-state index contributed by atoms with van der Waals surface area (Å²) in [7, 11) is 0. The number of ketones is 2. The van der Waals surface area contributed by atoms with Crippen molar-refractivity contribution in [3.8, 4) is 0 Å². The summed E-state index contributed by atoms with van der Waals surface area (Å²) in [5.41, 5.74) is 9.99. The fourth-order valence-corrected chi connectivity index (χ4v) is 1.50. The maximum absolute atomic E-state index is 11.4. The highest BCUT2D eigenvalue weighted by molar-refractivity contribution is 6.16. The molecule has 0 fully saturated rings. The van der Waals surface area contributed by atoms with Crippen molar-refractivity contribution in [3.05, 3.63) is 35.4 Å². The van der Waals surface area contributed by atoms with Crippen LogP contribution in [-0.2, 0) is 0 Å². The molecule has 1 aliphatic rings. The standard InChI is InChI=1S/C10H7NO2/c11-8-5-9(12)6-3-1-2-4-7(6)10(8)13/h1-4,8H,5H2. The van der Waals surface area contributed by atoms with Crippen molar-refractivity contribution >= 4 is 11.6 Å². The molecule has 2 rings (SSSR count). The zero-order valence-corrected chi connectivity index (χ0v) is 6.86. The molecule has 0 aromatic heterocycles. The van der Waals surface area contributed by atoms with Gasteiger partial charge < -0.3 is 0 Å². The van der Waals surface area contributed by atoms with Crippen molar-refractivity contribution in [2.24, 2.45) is 0 Å². The minimum Gasteiger partial charge on any atom is -0.294 e. The van der Waals surface area contributed by atoms with Gasteiger partial charge in [-0.25, -0.2) is 0 Å². The van der Waals surface area contributed by atoms with Gasteiger partial charge in [-0.1, -0.05) is 24.3 Å². The molecule has 1 aliphatic carbocycles. The van der Waals surface area contributed by atoms with Gasteiger partial charge in [-0.15, -0.1) is 5.73 Å². The van der Waals surface area contributed by atoms with Gasteiger partial charge in [0.2, 0.25) is 0 Å². The number of nitrogens with zero attached hydrogens (tertiary/aromatic N) is 1. The lowest BCUT2D eigenvalue weighted by atomic mass is 9.87. The number of hydrogen-bond donors (Lipinski definition) is 0. The van der Waals surface area contributed by atoms with E-state index in [4.69, 9.17) is 0 Å². The van der Waals surface area contributed by atoms with Crippen LogP contribution in [0.3, 0.4) is 0 Å². The number of Topliss-reactive ketones (excluding diaryl/α,β-unsaturated/α-hetero) is 2. The number of benzene rings is 1. The molecule has 13 heavy (non-hydrogen) atoms. The Hall–Kier alpha value is -1.48. The molecule has 64 valence electrons. The quantitative estimate of drug-likeness (QED) is 0.585. The fourth-order valence-electron chi connectivity index (χ4n) is 1.50. The Morgan fingerprint density at radius 2 is 1.77 bits per heavy atom. The maximum Gasteiger partial charge on any atom is 0.184 e. The first-order chi connectivity index (χ1) is 6.20. The molecule has 0 bridgehead atoms. The molecule has 1 atom stereocenters. The molecule has 0 N–H and O–H groups in total. The maximum atomic E-state index is 11.4. The first-order valence-electron chi connectivity index (χ1n) is 4.04. The van der Waals surface area contributed by atoms with Gasteiger partial charge in [-0.05, 0) is 0 Å². The second-order valence-electron chi connectivity index (χ2n) is 3.05. The van der Waals surface area contributed by atoms with E-state index in [9.17, 15) is 15.3 Å². The summed E-state index contributed by atoms with van der Waals surface area (Å²) < 4.78 is 0. The predicted octanol–water partition coefficient (Wildman–Crippen LogP) is 0.893. The molecule has 3 heteroatoms. The first kappa shape index (κ1) is 8.13. The van der Waals surface area contributed by atoms with Crippen molar-refractivity contribution in [3.63, 3.8) is 0 Å². The Morgan fingerprint density at radius 3 is 2.46 bits per heavy atom. The van der Waals surface area contributed by atoms with E-state index in [1.54, 1.807) is 24.3 Å². The molecule has 0 aliphatic heterocycles. The molecule has 1 aromatic rings. The molecule has 1 aromatic carbocycles. The van der Waals surface area contributed by atoms with Crippen LogP contribution in [0.4, 0.5) is 0 Å². The van der Waals surface area contributed by atoms with Crippen LogP contribution in [-0.4, -0.2) is 17.6 Å². The lowest BCUT2D eigenvalue weighted by Gasteiger charge is -2.16. The van der Waals surface area contributed by atoms with E-state index in [-0.39, 0.29) is 18.0 Å². The number of carbonyl (C=O) groups is 2. The lowest BCUT2D eigenvalue weighted by molar-refractivity contribution is 0.0865. The zero-order valence-electron chi connectivity index (χ0n) is 6.86. The Labute approximate surface area is 75.5 Å². The molecule has 3 nitrogen and oxygen atoms in total. The second-order valence-corrected chi connectivity index (χ2v) is 3.05. The molecular formula is C10H7NO2. The van der Waals surface area contributed by atoms with Gasteiger partial charge in [0.25, 0.3) is 0 Å². The number of fused-ring (bicyclic) bond motifs is 1. The number of rotatable bonds is 0. The van der Waals surface area contributed by atoms with Crippen molar-refractivity contribution < 1.29 is 9.59 Å². The van der Waals surface area contributed by atoms with E-state index in [0.717, 1.165) is 0 Å². The van der Waals surface area contributed by atoms with Crippen LogP contribution in [0, 0.1) is 0 Å². The van der Waals surface area contributed by atoms with Crippen molar-refractivity contribution in [2.75, 3.05) is 0 Å². The minimum atomic E-state index is -1.15. The second kappa shape index (κ2) is 2.78. The number of hydrogen-bond acceptors (Lipinski definition) is 2. The van der Waals surface area contributed by atoms with E-state index < -0.39 is 6.04 Å². The van der Waals surface area contributed by atoms with E-state index in [2.05, 4.69) is 0 Å². The minimum absolute atomic E-state index is 0.0875. The Bertz CT molecular complexity index is 384. The zero-order chi connectivity index (χ0) is 9.42. The highest BCUT2D eigenvalue weighted by Gasteiger charge is 2.30. The van der Waals surface area contributed by atoms with Gasteiger partial charge in [0.15, 0.2) is 11.6 Å². The van der Waals surface area contributed by atoms with Crippen LogP contribution in [0.15, 0.2) is 24.3 Å². The monoisotopic (exact) mass is 173 g/mol. The lowest BCUT2D eigenvalue weighted by Crippen LogP contribution is -2.32. The third-order valence-electron chi connectivity index (χ3n) is 2.17. The average molecular weight is 173 g/mol. The third-order valence-corrected chi connectivity index (χ3v) is 2.17. The molecule has 0 amide bonds. The topological polar surface area (TPSA) is 56.4 Å². The summed E-state index contributed by atoms with van der Waals surface area (Å²) in [5, 5.41) is 0. The summed E-state index contributed by atoms with van der Waals surface area (Å²) in [6, 6.07) is 5.42. The largest absolute Gasteiger partial charge is 0.294 e. The summed E-state index contributed by atoms with van der Waals surface area (Å²) in [5.74, 6) is -0.516. The average Bonchev–Trinajstić information content (AvgIpc) is 2.15. The number of carbonyl (C=O) groups excluding carboxylic acids is 2. The highest BCUT2D eigenvalue weighted by Crippen LogP contribution is 2.20. The van der Waals surface area contributed by atoms with Crippen LogP contribution in [0.25, 0.3) is 0 Å². The van der Waals surface area contributed by atoms with Gasteiger partial charge in [0.05, 0.1) is 0 Å². The Balaban J connectivity index is 2.60.